The molecule has 2 aromatic carbocycles. The van der Waals surface area contributed by atoms with Crippen molar-refractivity contribution in [2.24, 2.45) is 5.92 Å². The third kappa shape index (κ3) is 3.02. The Kier molecular flexibility index (Phi) is 4.09. The van der Waals surface area contributed by atoms with Crippen molar-refractivity contribution in [1.29, 1.82) is 0 Å². The minimum atomic E-state index is -0.686. The lowest BCUT2D eigenvalue weighted by Crippen LogP contribution is -2.48. The van der Waals surface area contributed by atoms with Crippen molar-refractivity contribution in [3.8, 4) is 0 Å². The lowest BCUT2D eigenvalue weighted by Gasteiger charge is -2.43. The van der Waals surface area contributed by atoms with Crippen molar-refractivity contribution in [1.82, 2.24) is 4.90 Å². The molecule has 0 bridgehead atoms. The van der Waals surface area contributed by atoms with E-state index in [0.29, 0.717) is 0 Å². The van der Waals surface area contributed by atoms with Crippen LogP contribution in [0.25, 0.3) is 0 Å². The monoisotopic (exact) mass is 281 g/mol. The molecule has 0 unspecified atom stereocenters. The van der Waals surface area contributed by atoms with Gasteiger partial charge in [-0.1, -0.05) is 67.6 Å². The van der Waals surface area contributed by atoms with Gasteiger partial charge in [0.1, 0.15) is 0 Å². The minimum absolute atomic E-state index is 0.234. The lowest BCUT2D eigenvalue weighted by atomic mass is 9.77. The summed E-state index contributed by atoms with van der Waals surface area (Å²) in [5, 5.41) is 11.1. The van der Waals surface area contributed by atoms with Crippen molar-refractivity contribution in [3.63, 3.8) is 0 Å². The minimum Gasteiger partial charge on any atom is -0.385 e. The Morgan fingerprint density at radius 2 is 1.67 bits per heavy atom. The van der Waals surface area contributed by atoms with Gasteiger partial charge in [-0.05, 0) is 17.5 Å². The molecule has 0 radical (unpaired) electrons. The van der Waals surface area contributed by atoms with E-state index in [2.05, 4.69) is 42.2 Å². The molecule has 1 fully saturated rings. The molecule has 21 heavy (non-hydrogen) atoms. The third-order valence-corrected chi connectivity index (χ3v) is 4.68. The first-order chi connectivity index (χ1) is 10.2. The molecule has 0 aliphatic carbocycles. The zero-order valence-corrected chi connectivity index (χ0v) is 12.6. The van der Waals surface area contributed by atoms with E-state index in [9.17, 15) is 5.11 Å². The molecule has 2 aromatic rings. The quantitative estimate of drug-likeness (QED) is 0.932. The SMILES string of the molecule is C[C@@H]1CN(Cc2ccccc2)CC[C@@]1(O)c1ccccc1. The lowest BCUT2D eigenvalue weighted by molar-refractivity contribution is -0.0728. The molecular weight excluding hydrogens is 258 g/mol. The largest absolute Gasteiger partial charge is 0.385 e. The fourth-order valence-corrected chi connectivity index (χ4v) is 3.35. The molecular formula is C19H23NO. The summed E-state index contributed by atoms with van der Waals surface area (Å²) in [6.07, 6.45) is 0.797. The maximum absolute atomic E-state index is 11.1. The fraction of sp³-hybridized carbons (Fsp3) is 0.368. The van der Waals surface area contributed by atoms with Crippen molar-refractivity contribution >= 4 is 0 Å². The zero-order valence-electron chi connectivity index (χ0n) is 12.6. The second-order valence-corrected chi connectivity index (χ2v) is 6.16. The topological polar surface area (TPSA) is 23.5 Å². The summed E-state index contributed by atoms with van der Waals surface area (Å²) in [5.74, 6) is 0.234. The van der Waals surface area contributed by atoms with Gasteiger partial charge in [0, 0.05) is 25.6 Å². The van der Waals surface area contributed by atoms with Crippen molar-refractivity contribution < 1.29 is 5.11 Å². The predicted octanol–water partition coefficient (Wildman–Crippen LogP) is 3.42. The average molecular weight is 281 g/mol. The molecule has 2 atom stereocenters. The standard InChI is InChI=1S/C19H23NO/c1-16-14-20(15-17-8-4-2-5-9-17)13-12-19(16,21)18-10-6-3-7-11-18/h2-11,16,21H,12-15H2,1H3/t16-,19+/m1/s1. The third-order valence-electron chi connectivity index (χ3n) is 4.68. The molecule has 1 heterocycles. The molecule has 1 N–H and O–H groups in total. The maximum atomic E-state index is 11.1. The number of rotatable bonds is 3. The highest BCUT2D eigenvalue weighted by Gasteiger charge is 2.39. The maximum Gasteiger partial charge on any atom is 0.0946 e. The molecule has 1 aliphatic rings. The first-order valence-electron chi connectivity index (χ1n) is 7.73. The van der Waals surface area contributed by atoms with Gasteiger partial charge in [0.15, 0.2) is 0 Å². The molecule has 2 nitrogen and oxygen atoms in total. The first kappa shape index (κ1) is 14.3. The van der Waals surface area contributed by atoms with Gasteiger partial charge < -0.3 is 5.11 Å². The number of hydrogen-bond acceptors (Lipinski definition) is 2. The van der Waals surface area contributed by atoms with Gasteiger partial charge in [0.25, 0.3) is 0 Å². The van der Waals surface area contributed by atoms with Crippen LogP contribution in [-0.4, -0.2) is 23.1 Å². The van der Waals surface area contributed by atoms with Crippen LogP contribution in [0.5, 0.6) is 0 Å². The number of piperidine rings is 1. The fourth-order valence-electron chi connectivity index (χ4n) is 3.35. The number of aliphatic hydroxyl groups is 1. The Morgan fingerprint density at radius 1 is 1.05 bits per heavy atom. The van der Waals surface area contributed by atoms with Gasteiger partial charge in [-0.25, -0.2) is 0 Å². The van der Waals surface area contributed by atoms with Gasteiger partial charge in [0.2, 0.25) is 0 Å². The van der Waals surface area contributed by atoms with Gasteiger partial charge in [-0.15, -0.1) is 0 Å². The smallest absolute Gasteiger partial charge is 0.0946 e. The number of likely N-dealkylation sites (tertiary alicyclic amines) is 1. The van der Waals surface area contributed by atoms with Crippen LogP contribution in [0.1, 0.15) is 24.5 Å². The second-order valence-electron chi connectivity index (χ2n) is 6.16. The van der Waals surface area contributed by atoms with Gasteiger partial charge in [-0.3, -0.25) is 4.90 Å². The van der Waals surface area contributed by atoms with E-state index in [4.69, 9.17) is 0 Å². The zero-order chi connectivity index (χ0) is 14.7. The summed E-state index contributed by atoms with van der Waals surface area (Å²) in [5.41, 5.74) is 1.71. The second kappa shape index (κ2) is 6.00. The number of nitrogens with zero attached hydrogens (tertiary/aromatic N) is 1. The van der Waals surface area contributed by atoms with E-state index in [-0.39, 0.29) is 5.92 Å². The summed E-state index contributed by atoms with van der Waals surface area (Å²) in [7, 11) is 0. The first-order valence-corrected chi connectivity index (χ1v) is 7.73. The molecule has 2 heteroatoms. The Balaban J connectivity index is 1.70. The van der Waals surface area contributed by atoms with Crippen LogP contribution in [0.15, 0.2) is 60.7 Å². The van der Waals surface area contributed by atoms with Crippen molar-refractivity contribution in [2.75, 3.05) is 13.1 Å². The van der Waals surface area contributed by atoms with Gasteiger partial charge in [-0.2, -0.15) is 0 Å². The van der Waals surface area contributed by atoms with Crippen LogP contribution in [-0.2, 0) is 12.1 Å². The highest BCUT2D eigenvalue weighted by molar-refractivity contribution is 5.24. The van der Waals surface area contributed by atoms with Crippen LogP contribution in [0.2, 0.25) is 0 Å². The van der Waals surface area contributed by atoms with E-state index in [0.717, 1.165) is 31.6 Å². The molecule has 0 amide bonds. The van der Waals surface area contributed by atoms with E-state index in [1.807, 2.05) is 30.3 Å². The van der Waals surface area contributed by atoms with E-state index >= 15 is 0 Å². The van der Waals surface area contributed by atoms with E-state index in [1.165, 1.54) is 5.56 Å². The highest BCUT2D eigenvalue weighted by Crippen LogP contribution is 2.37. The summed E-state index contributed by atoms with van der Waals surface area (Å²) < 4.78 is 0. The van der Waals surface area contributed by atoms with E-state index in [1.54, 1.807) is 0 Å². The van der Waals surface area contributed by atoms with Crippen molar-refractivity contribution in [3.05, 3.63) is 71.8 Å². The van der Waals surface area contributed by atoms with Gasteiger partial charge >= 0.3 is 0 Å². The Labute approximate surface area is 127 Å². The van der Waals surface area contributed by atoms with Crippen LogP contribution < -0.4 is 0 Å². The average Bonchev–Trinajstić information content (AvgIpc) is 2.53. The Morgan fingerprint density at radius 3 is 2.29 bits per heavy atom. The summed E-state index contributed by atoms with van der Waals surface area (Å²) >= 11 is 0. The van der Waals surface area contributed by atoms with Crippen molar-refractivity contribution in [2.45, 2.75) is 25.5 Å². The molecule has 1 saturated heterocycles. The molecule has 0 spiro atoms. The van der Waals surface area contributed by atoms with Crippen LogP contribution in [0.3, 0.4) is 0 Å². The highest BCUT2D eigenvalue weighted by atomic mass is 16.3. The molecule has 3 rings (SSSR count). The van der Waals surface area contributed by atoms with Gasteiger partial charge in [0.05, 0.1) is 5.60 Å². The predicted molar refractivity (Wildman–Crippen MR) is 85.8 cm³/mol. The summed E-state index contributed by atoms with van der Waals surface area (Å²) in [6.45, 7) is 4.99. The van der Waals surface area contributed by atoms with Crippen LogP contribution >= 0.6 is 0 Å². The van der Waals surface area contributed by atoms with Crippen LogP contribution in [0.4, 0.5) is 0 Å². The Bertz CT molecular complexity index is 569. The van der Waals surface area contributed by atoms with E-state index < -0.39 is 5.60 Å². The number of benzene rings is 2. The number of hydrogen-bond donors (Lipinski definition) is 1. The Hall–Kier alpha value is -1.64. The molecule has 110 valence electrons. The summed E-state index contributed by atoms with van der Waals surface area (Å²) in [4.78, 5) is 2.44. The molecule has 0 aromatic heterocycles. The summed E-state index contributed by atoms with van der Waals surface area (Å²) in [6, 6.07) is 20.7. The van der Waals surface area contributed by atoms with Crippen LogP contribution in [0, 0.1) is 5.92 Å². The normalized spacial score (nSPS) is 26.7. The molecule has 0 saturated carbocycles. The molecule has 1 aliphatic heterocycles.